The van der Waals surface area contributed by atoms with E-state index in [4.69, 9.17) is 4.74 Å². The van der Waals surface area contributed by atoms with E-state index < -0.39 is 0 Å². The van der Waals surface area contributed by atoms with Crippen LogP contribution in [0, 0.1) is 0 Å². The molecule has 6 nitrogen and oxygen atoms in total. The second-order valence-corrected chi connectivity index (χ2v) is 5.03. The van der Waals surface area contributed by atoms with E-state index in [9.17, 15) is 9.59 Å². The van der Waals surface area contributed by atoms with Crippen molar-refractivity contribution in [2.75, 3.05) is 5.32 Å². The van der Waals surface area contributed by atoms with Crippen LogP contribution >= 0.6 is 0 Å². The minimum absolute atomic E-state index is 0.0884. The monoisotopic (exact) mass is 321 g/mol. The molecule has 0 spiro atoms. The van der Waals surface area contributed by atoms with Crippen molar-refractivity contribution in [3.63, 3.8) is 0 Å². The second kappa shape index (κ2) is 7.23. The fourth-order valence-corrected chi connectivity index (χ4v) is 2.08. The van der Waals surface area contributed by atoms with E-state index in [2.05, 4.69) is 10.3 Å². The van der Waals surface area contributed by atoms with Crippen molar-refractivity contribution < 1.29 is 9.53 Å². The average molecular weight is 321 g/mol. The summed E-state index contributed by atoms with van der Waals surface area (Å²) in [6.45, 7) is -0.0884. The highest BCUT2D eigenvalue weighted by molar-refractivity contribution is 5.90. The number of ether oxygens (including phenoxy) is 1. The zero-order valence-electron chi connectivity index (χ0n) is 12.8. The summed E-state index contributed by atoms with van der Waals surface area (Å²) in [5.41, 5.74) is 0.351. The van der Waals surface area contributed by atoms with Crippen molar-refractivity contribution >= 4 is 11.6 Å². The summed E-state index contributed by atoms with van der Waals surface area (Å²) in [6.07, 6.45) is 2.72. The zero-order chi connectivity index (χ0) is 16.8. The molecule has 1 heterocycles. The molecule has 0 saturated heterocycles. The number of benzene rings is 2. The van der Waals surface area contributed by atoms with Gasteiger partial charge < -0.3 is 10.1 Å². The maximum absolute atomic E-state index is 12.0. The Hall–Kier alpha value is -3.41. The molecule has 2 aromatic carbocycles. The number of amides is 1. The van der Waals surface area contributed by atoms with Crippen molar-refractivity contribution in [2.45, 2.75) is 6.54 Å². The SMILES string of the molecule is O=C(Cn1cnccc1=O)Nc1ccc(Oc2ccccc2)cc1. The maximum Gasteiger partial charge on any atom is 0.253 e. The van der Waals surface area contributed by atoms with E-state index in [1.807, 2.05) is 30.3 Å². The molecule has 3 rings (SSSR count). The fraction of sp³-hybridized carbons (Fsp3) is 0.0556. The third kappa shape index (κ3) is 4.07. The van der Waals surface area contributed by atoms with E-state index in [0.717, 1.165) is 5.75 Å². The Bertz CT molecular complexity index is 874. The van der Waals surface area contributed by atoms with Gasteiger partial charge in [0, 0.05) is 18.0 Å². The highest BCUT2D eigenvalue weighted by Gasteiger charge is 2.05. The molecule has 0 aliphatic carbocycles. The molecule has 3 aromatic rings. The highest BCUT2D eigenvalue weighted by atomic mass is 16.5. The van der Waals surface area contributed by atoms with Crippen LogP contribution < -0.4 is 15.6 Å². The Kier molecular flexibility index (Phi) is 4.67. The molecule has 0 aliphatic heterocycles. The minimum atomic E-state index is -0.304. The number of hydrogen-bond donors (Lipinski definition) is 1. The van der Waals surface area contributed by atoms with Crippen LogP contribution in [0.25, 0.3) is 0 Å². The molecule has 0 unspecified atom stereocenters. The molecule has 0 saturated carbocycles. The largest absolute Gasteiger partial charge is 0.457 e. The van der Waals surface area contributed by atoms with Gasteiger partial charge in [0.15, 0.2) is 0 Å². The topological polar surface area (TPSA) is 73.2 Å². The van der Waals surface area contributed by atoms with E-state index in [1.165, 1.54) is 23.2 Å². The Morgan fingerprint density at radius 2 is 1.71 bits per heavy atom. The van der Waals surface area contributed by atoms with Gasteiger partial charge in [0.05, 0.1) is 6.33 Å². The molecule has 1 aromatic heterocycles. The van der Waals surface area contributed by atoms with Crippen molar-refractivity contribution in [3.05, 3.63) is 83.5 Å². The van der Waals surface area contributed by atoms with Crippen LogP contribution in [0.15, 0.2) is 78.0 Å². The Morgan fingerprint density at radius 3 is 2.42 bits per heavy atom. The average Bonchev–Trinajstić information content (AvgIpc) is 2.60. The highest BCUT2D eigenvalue weighted by Crippen LogP contribution is 2.22. The van der Waals surface area contributed by atoms with Crippen LogP contribution in [0.5, 0.6) is 11.5 Å². The fourth-order valence-electron chi connectivity index (χ4n) is 2.08. The summed E-state index contributed by atoms with van der Waals surface area (Å²) in [5, 5.41) is 2.73. The molecule has 1 amide bonds. The number of para-hydroxylation sites is 1. The third-order valence-corrected chi connectivity index (χ3v) is 3.22. The summed E-state index contributed by atoms with van der Waals surface area (Å²) in [7, 11) is 0. The van der Waals surface area contributed by atoms with Crippen LogP contribution in [-0.4, -0.2) is 15.5 Å². The zero-order valence-corrected chi connectivity index (χ0v) is 12.8. The Morgan fingerprint density at radius 1 is 1.00 bits per heavy atom. The molecule has 0 radical (unpaired) electrons. The van der Waals surface area contributed by atoms with Crippen LogP contribution in [0.1, 0.15) is 0 Å². The van der Waals surface area contributed by atoms with Gasteiger partial charge in [-0.05, 0) is 36.4 Å². The van der Waals surface area contributed by atoms with Crippen LogP contribution in [0.2, 0.25) is 0 Å². The quantitative estimate of drug-likeness (QED) is 0.784. The molecular weight excluding hydrogens is 306 g/mol. The first kappa shape index (κ1) is 15.5. The Labute approximate surface area is 138 Å². The lowest BCUT2D eigenvalue weighted by Gasteiger charge is -2.08. The van der Waals surface area contributed by atoms with Gasteiger partial charge >= 0.3 is 0 Å². The van der Waals surface area contributed by atoms with E-state index in [1.54, 1.807) is 24.3 Å². The van der Waals surface area contributed by atoms with Gasteiger partial charge in [0.25, 0.3) is 5.56 Å². The number of carbonyl (C=O) groups is 1. The summed E-state index contributed by atoms with van der Waals surface area (Å²) in [5.74, 6) is 1.11. The minimum Gasteiger partial charge on any atom is -0.457 e. The van der Waals surface area contributed by atoms with Crippen molar-refractivity contribution in [3.8, 4) is 11.5 Å². The smallest absolute Gasteiger partial charge is 0.253 e. The van der Waals surface area contributed by atoms with Gasteiger partial charge in [-0.15, -0.1) is 0 Å². The van der Waals surface area contributed by atoms with E-state index in [-0.39, 0.29) is 18.0 Å². The second-order valence-electron chi connectivity index (χ2n) is 5.03. The van der Waals surface area contributed by atoms with Gasteiger partial charge in [-0.25, -0.2) is 4.98 Å². The molecule has 0 bridgehead atoms. The number of nitrogens with one attached hydrogen (secondary N) is 1. The first-order valence-electron chi connectivity index (χ1n) is 7.34. The standard InChI is InChI=1S/C18H15N3O3/c22-17(12-21-13-19-11-10-18(21)23)20-14-6-8-16(9-7-14)24-15-4-2-1-3-5-15/h1-11,13H,12H2,(H,20,22). The van der Waals surface area contributed by atoms with E-state index >= 15 is 0 Å². The molecular formula is C18H15N3O3. The number of nitrogens with zero attached hydrogens (tertiary/aromatic N) is 2. The van der Waals surface area contributed by atoms with Gasteiger partial charge in [-0.3, -0.25) is 14.2 Å². The first-order valence-corrected chi connectivity index (χ1v) is 7.34. The molecule has 120 valence electrons. The van der Waals surface area contributed by atoms with Crippen LogP contribution in [0.3, 0.4) is 0 Å². The summed E-state index contributed by atoms with van der Waals surface area (Å²) in [6, 6.07) is 17.7. The number of hydrogen-bond acceptors (Lipinski definition) is 4. The van der Waals surface area contributed by atoms with Gasteiger partial charge in [-0.2, -0.15) is 0 Å². The van der Waals surface area contributed by atoms with Crippen molar-refractivity contribution in [2.24, 2.45) is 0 Å². The normalized spacial score (nSPS) is 10.2. The van der Waals surface area contributed by atoms with E-state index in [0.29, 0.717) is 11.4 Å². The van der Waals surface area contributed by atoms with Gasteiger partial charge in [0.2, 0.25) is 5.91 Å². The maximum atomic E-state index is 12.0. The molecule has 0 aliphatic rings. The number of carbonyl (C=O) groups excluding carboxylic acids is 1. The lowest BCUT2D eigenvalue weighted by molar-refractivity contribution is -0.116. The molecule has 0 fully saturated rings. The number of anilines is 1. The molecule has 0 atom stereocenters. The number of aromatic nitrogens is 2. The molecule has 1 N–H and O–H groups in total. The lowest BCUT2D eigenvalue weighted by atomic mass is 10.3. The van der Waals surface area contributed by atoms with Crippen molar-refractivity contribution in [1.82, 2.24) is 9.55 Å². The van der Waals surface area contributed by atoms with Gasteiger partial charge in [-0.1, -0.05) is 18.2 Å². The summed E-state index contributed by atoms with van der Waals surface area (Å²) >= 11 is 0. The Balaban J connectivity index is 1.61. The first-order chi connectivity index (χ1) is 11.7. The van der Waals surface area contributed by atoms with Crippen molar-refractivity contribution in [1.29, 1.82) is 0 Å². The predicted octanol–water partition coefficient (Wildman–Crippen LogP) is 2.67. The summed E-state index contributed by atoms with van der Waals surface area (Å²) < 4.78 is 6.92. The van der Waals surface area contributed by atoms with Crippen LogP contribution in [0.4, 0.5) is 5.69 Å². The van der Waals surface area contributed by atoms with Crippen LogP contribution in [-0.2, 0) is 11.3 Å². The predicted molar refractivity (Wildman–Crippen MR) is 90.1 cm³/mol. The summed E-state index contributed by atoms with van der Waals surface area (Å²) in [4.78, 5) is 27.4. The molecule has 6 heteroatoms. The third-order valence-electron chi connectivity index (χ3n) is 3.22. The van der Waals surface area contributed by atoms with Gasteiger partial charge in [0.1, 0.15) is 18.0 Å². The lowest BCUT2D eigenvalue weighted by Crippen LogP contribution is -2.26. The number of rotatable bonds is 5. The molecule has 24 heavy (non-hydrogen) atoms.